The number of methoxy groups -OCH3 is 2. The van der Waals surface area contributed by atoms with Crippen molar-refractivity contribution in [3.05, 3.63) is 95.1 Å². The molecule has 2 aliphatic rings. The Hall–Kier alpha value is -3.31. The minimum atomic E-state index is 0. The van der Waals surface area contributed by atoms with Crippen LogP contribution in [0.3, 0.4) is 0 Å². The predicted octanol–water partition coefficient (Wildman–Crippen LogP) is 7.45. The van der Waals surface area contributed by atoms with E-state index in [4.69, 9.17) is 14.5 Å². The Balaban J connectivity index is 0.00000370. The first kappa shape index (κ1) is 29.7. The summed E-state index contributed by atoms with van der Waals surface area (Å²) in [6.07, 6.45) is 8.24. The summed E-state index contributed by atoms with van der Waals surface area (Å²) in [6, 6.07) is 25.3. The maximum absolute atomic E-state index is 14.1. The number of halogens is 1. The van der Waals surface area contributed by atoms with Crippen LogP contribution in [0, 0.1) is 5.92 Å². The summed E-state index contributed by atoms with van der Waals surface area (Å²) >= 11 is 0. The number of carbonyl (C=O) groups is 1. The van der Waals surface area contributed by atoms with Gasteiger partial charge in [0, 0.05) is 31.0 Å². The van der Waals surface area contributed by atoms with E-state index in [2.05, 4.69) is 60.7 Å². The van der Waals surface area contributed by atoms with Gasteiger partial charge in [0.05, 0.1) is 14.2 Å². The molecule has 0 aromatic heterocycles. The van der Waals surface area contributed by atoms with Gasteiger partial charge in [0.1, 0.15) is 5.84 Å². The van der Waals surface area contributed by atoms with Crippen molar-refractivity contribution in [2.45, 2.75) is 57.3 Å². The summed E-state index contributed by atoms with van der Waals surface area (Å²) in [6.45, 7) is 1.26. The molecule has 1 saturated carbocycles. The predicted molar refractivity (Wildman–Crippen MR) is 164 cm³/mol. The lowest BCUT2D eigenvalue weighted by molar-refractivity contribution is -0.128. The van der Waals surface area contributed by atoms with Crippen molar-refractivity contribution in [3.63, 3.8) is 0 Å². The Bertz CT molecular complexity index is 1230. The molecule has 1 amide bonds. The molecule has 5 rings (SSSR count). The average molecular weight is 561 g/mol. The second-order valence-corrected chi connectivity index (χ2v) is 10.7. The van der Waals surface area contributed by atoms with Gasteiger partial charge < -0.3 is 9.47 Å². The molecule has 3 aromatic carbocycles. The fourth-order valence-electron chi connectivity index (χ4n) is 6.19. The van der Waals surface area contributed by atoms with E-state index in [0.717, 1.165) is 42.6 Å². The molecule has 1 aliphatic carbocycles. The molecule has 0 saturated heterocycles. The first-order chi connectivity index (χ1) is 19.2. The number of amidine groups is 1. The molecule has 0 unspecified atom stereocenters. The lowest BCUT2D eigenvalue weighted by Crippen LogP contribution is -2.41. The standard InChI is InChI=1S/C34H40N2O3.ClH/c1-38-31-23-28-18-20-35-34(30(28)24-32(31)39-2)36(33(37)22-25-12-6-3-7-13-25)21-19-29(26-14-8-4-9-15-26)27-16-10-5-11-17-27;/h4-5,8-11,14-17,23-25,29H,3,6-7,12-13,18-22H2,1-2H3;1H. The molecule has 1 aliphatic heterocycles. The number of rotatable bonds is 9. The fourth-order valence-corrected chi connectivity index (χ4v) is 6.19. The minimum absolute atomic E-state index is 0. The van der Waals surface area contributed by atoms with Crippen LogP contribution in [0.4, 0.5) is 0 Å². The van der Waals surface area contributed by atoms with E-state index >= 15 is 0 Å². The first-order valence-electron chi connectivity index (χ1n) is 14.4. The van der Waals surface area contributed by atoms with Gasteiger partial charge in [-0.1, -0.05) is 79.9 Å². The van der Waals surface area contributed by atoms with Crippen LogP contribution in [0.25, 0.3) is 0 Å². The summed E-state index contributed by atoms with van der Waals surface area (Å²) in [7, 11) is 3.32. The zero-order chi connectivity index (χ0) is 27.0. The van der Waals surface area contributed by atoms with Gasteiger partial charge in [-0.25, -0.2) is 0 Å². The average Bonchev–Trinajstić information content (AvgIpc) is 3.00. The number of amides is 1. The molecule has 0 radical (unpaired) electrons. The molecule has 212 valence electrons. The van der Waals surface area contributed by atoms with Gasteiger partial charge in [-0.2, -0.15) is 0 Å². The van der Waals surface area contributed by atoms with Crippen LogP contribution in [-0.2, 0) is 11.2 Å². The lowest BCUT2D eigenvalue weighted by atomic mass is 9.86. The highest BCUT2D eigenvalue weighted by atomic mass is 35.5. The maximum atomic E-state index is 14.1. The van der Waals surface area contributed by atoms with E-state index in [-0.39, 0.29) is 24.2 Å². The quantitative estimate of drug-likeness (QED) is 0.273. The number of hydrogen-bond acceptors (Lipinski definition) is 4. The van der Waals surface area contributed by atoms with Gasteiger partial charge in [0.15, 0.2) is 11.5 Å². The van der Waals surface area contributed by atoms with Crippen LogP contribution in [0.2, 0.25) is 0 Å². The van der Waals surface area contributed by atoms with E-state index < -0.39 is 0 Å². The number of benzene rings is 3. The molecule has 6 heteroatoms. The van der Waals surface area contributed by atoms with Gasteiger partial charge in [-0.05, 0) is 60.4 Å². The number of nitrogens with zero attached hydrogens (tertiary/aromatic N) is 2. The summed E-state index contributed by atoms with van der Waals surface area (Å²) in [5.74, 6) is 2.98. The normalized spacial score (nSPS) is 15.0. The van der Waals surface area contributed by atoms with Crippen LogP contribution in [0.5, 0.6) is 11.5 Å². The molecule has 0 spiro atoms. The van der Waals surface area contributed by atoms with Crippen molar-refractivity contribution in [1.82, 2.24) is 4.90 Å². The number of aliphatic imine (C=N–C) groups is 1. The van der Waals surface area contributed by atoms with E-state index in [1.807, 2.05) is 17.0 Å². The van der Waals surface area contributed by atoms with Crippen molar-refractivity contribution >= 4 is 24.1 Å². The van der Waals surface area contributed by atoms with Crippen molar-refractivity contribution in [2.75, 3.05) is 27.3 Å². The highest BCUT2D eigenvalue weighted by molar-refractivity contribution is 6.09. The third kappa shape index (κ3) is 6.87. The fraction of sp³-hybridized carbons (Fsp3) is 0.412. The Morgan fingerprint density at radius 3 is 2.10 bits per heavy atom. The van der Waals surface area contributed by atoms with Crippen LogP contribution in [-0.4, -0.2) is 44.0 Å². The number of carbonyl (C=O) groups excluding carboxylic acids is 1. The summed E-state index contributed by atoms with van der Waals surface area (Å²) in [5, 5.41) is 0. The van der Waals surface area contributed by atoms with Crippen LogP contribution in [0.15, 0.2) is 77.8 Å². The van der Waals surface area contributed by atoms with Crippen LogP contribution >= 0.6 is 12.4 Å². The zero-order valence-electron chi connectivity index (χ0n) is 23.7. The molecule has 1 fully saturated rings. The number of hydrogen-bond donors (Lipinski definition) is 0. The number of ether oxygens (including phenoxy) is 2. The van der Waals surface area contributed by atoms with E-state index in [1.54, 1.807) is 14.2 Å². The Morgan fingerprint density at radius 1 is 0.900 bits per heavy atom. The second kappa shape index (κ2) is 14.4. The van der Waals surface area contributed by atoms with Crippen LogP contribution in [0.1, 0.15) is 73.1 Å². The van der Waals surface area contributed by atoms with Crippen molar-refractivity contribution in [2.24, 2.45) is 10.9 Å². The molecule has 3 aromatic rings. The minimum Gasteiger partial charge on any atom is -0.493 e. The lowest BCUT2D eigenvalue weighted by Gasteiger charge is -2.32. The van der Waals surface area contributed by atoms with Crippen LogP contribution < -0.4 is 9.47 Å². The maximum Gasteiger partial charge on any atom is 0.228 e. The molecule has 5 nitrogen and oxygen atoms in total. The second-order valence-electron chi connectivity index (χ2n) is 10.7. The van der Waals surface area contributed by atoms with Gasteiger partial charge in [0.25, 0.3) is 0 Å². The van der Waals surface area contributed by atoms with E-state index in [1.165, 1.54) is 30.4 Å². The topological polar surface area (TPSA) is 51.1 Å². The van der Waals surface area contributed by atoms with Gasteiger partial charge >= 0.3 is 0 Å². The molecule has 0 atom stereocenters. The van der Waals surface area contributed by atoms with E-state index in [9.17, 15) is 4.79 Å². The van der Waals surface area contributed by atoms with Gasteiger partial charge in [0.2, 0.25) is 5.91 Å². The van der Waals surface area contributed by atoms with Crippen molar-refractivity contribution in [1.29, 1.82) is 0 Å². The molecular formula is C34H41ClN2O3. The Kier molecular flexibility index (Phi) is 10.7. The highest BCUT2D eigenvalue weighted by Crippen LogP contribution is 2.35. The third-order valence-corrected chi connectivity index (χ3v) is 8.28. The van der Waals surface area contributed by atoms with E-state index in [0.29, 0.717) is 36.9 Å². The summed E-state index contributed by atoms with van der Waals surface area (Å²) in [5.41, 5.74) is 4.66. The summed E-state index contributed by atoms with van der Waals surface area (Å²) < 4.78 is 11.2. The number of fused-ring (bicyclic) bond motifs is 1. The molecule has 0 N–H and O–H groups in total. The van der Waals surface area contributed by atoms with Crippen molar-refractivity contribution < 1.29 is 14.3 Å². The molecule has 0 bridgehead atoms. The van der Waals surface area contributed by atoms with Crippen molar-refractivity contribution in [3.8, 4) is 11.5 Å². The molecular weight excluding hydrogens is 520 g/mol. The smallest absolute Gasteiger partial charge is 0.228 e. The Labute approximate surface area is 245 Å². The third-order valence-electron chi connectivity index (χ3n) is 8.28. The first-order valence-corrected chi connectivity index (χ1v) is 14.4. The van der Waals surface area contributed by atoms with Gasteiger partial charge in [-0.3, -0.25) is 14.7 Å². The molecule has 1 heterocycles. The largest absolute Gasteiger partial charge is 0.493 e. The molecule has 40 heavy (non-hydrogen) atoms. The summed E-state index contributed by atoms with van der Waals surface area (Å²) in [4.78, 5) is 21.0. The SMILES string of the molecule is COc1cc2c(cc1OC)C(N(CCC(c1ccccc1)c1ccccc1)C(=O)CC1CCCCC1)=NCC2.Cl. The monoisotopic (exact) mass is 560 g/mol. The Morgan fingerprint density at radius 2 is 1.50 bits per heavy atom. The van der Waals surface area contributed by atoms with Gasteiger partial charge in [-0.15, -0.1) is 12.4 Å². The highest BCUT2D eigenvalue weighted by Gasteiger charge is 2.29. The zero-order valence-corrected chi connectivity index (χ0v) is 24.5.